The van der Waals surface area contributed by atoms with E-state index in [4.69, 9.17) is 4.42 Å². The summed E-state index contributed by atoms with van der Waals surface area (Å²) in [6.45, 7) is 0. The molecule has 1 aromatic heterocycles. The van der Waals surface area contributed by atoms with Crippen molar-refractivity contribution in [3.8, 4) is 0 Å². The third-order valence-electron chi connectivity index (χ3n) is 2.59. The number of benzene rings is 1. The van der Waals surface area contributed by atoms with Crippen molar-refractivity contribution in [3.05, 3.63) is 65.7 Å². The molecule has 102 valence electrons. The number of carbonyl (C=O) groups excluding carboxylic acids is 2. The molecular weight excluding hydrogens is 256 g/mol. The normalized spacial score (nSPS) is 10.9. The zero-order chi connectivity index (χ0) is 14.4. The van der Waals surface area contributed by atoms with E-state index in [1.54, 1.807) is 36.4 Å². The Kier molecular flexibility index (Phi) is 4.34. The number of furan rings is 1. The molecule has 2 rings (SSSR count). The second-order valence-electron chi connectivity index (χ2n) is 3.97. The van der Waals surface area contributed by atoms with Gasteiger partial charge in [0.2, 0.25) is 0 Å². The van der Waals surface area contributed by atoms with Crippen molar-refractivity contribution in [2.75, 3.05) is 7.05 Å². The molecule has 2 amide bonds. The topological polar surface area (TPSA) is 71.3 Å². The Balaban J connectivity index is 2.21. The molecule has 0 saturated carbocycles. The van der Waals surface area contributed by atoms with Gasteiger partial charge in [-0.3, -0.25) is 9.59 Å². The minimum absolute atomic E-state index is 0.122. The van der Waals surface area contributed by atoms with E-state index in [0.717, 1.165) is 0 Å². The molecule has 0 fully saturated rings. The summed E-state index contributed by atoms with van der Waals surface area (Å²) in [4.78, 5) is 23.8. The highest BCUT2D eigenvalue weighted by molar-refractivity contribution is 6.04. The second kappa shape index (κ2) is 6.38. The van der Waals surface area contributed by atoms with Crippen LogP contribution in [0.2, 0.25) is 0 Å². The first-order chi connectivity index (χ1) is 9.70. The van der Waals surface area contributed by atoms with E-state index in [2.05, 4.69) is 10.6 Å². The SMILES string of the molecule is CNC(=O)/C(=C/c1ccco1)NC(=O)c1ccccc1. The maximum absolute atomic E-state index is 12.0. The van der Waals surface area contributed by atoms with Gasteiger partial charge in [0.15, 0.2) is 0 Å². The number of likely N-dealkylation sites (N-methyl/N-ethyl adjacent to an activating group) is 1. The van der Waals surface area contributed by atoms with E-state index in [0.29, 0.717) is 11.3 Å². The van der Waals surface area contributed by atoms with Crippen molar-refractivity contribution in [3.63, 3.8) is 0 Å². The fraction of sp³-hybridized carbons (Fsp3) is 0.0667. The smallest absolute Gasteiger partial charge is 0.267 e. The fourth-order valence-corrected chi connectivity index (χ4v) is 1.59. The van der Waals surface area contributed by atoms with Crippen molar-refractivity contribution in [2.45, 2.75) is 0 Å². The number of rotatable bonds is 4. The molecule has 5 nitrogen and oxygen atoms in total. The Morgan fingerprint density at radius 3 is 2.45 bits per heavy atom. The fourth-order valence-electron chi connectivity index (χ4n) is 1.59. The summed E-state index contributed by atoms with van der Waals surface area (Å²) in [5.41, 5.74) is 0.595. The molecule has 1 aromatic carbocycles. The van der Waals surface area contributed by atoms with E-state index >= 15 is 0 Å². The lowest BCUT2D eigenvalue weighted by Crippen LogP contribution is -2.33. The van der Waals surface area contributed by atoms with Gasteiger partial charge in [0.05, 0.1) is 6.26 Å². The molecule has 2 aromatic rings. The average Bonchev–Trinajstić information content (AvgIpc) is 2.99. The number of hydrogen-bond acceptors (Lipinski definition) is 3. The van der Waals surface area contributed by atoms with E-state index in [1.165, 1.54) is 19.4 Å². The zero-order valence-corrected chi connectivity index (χ0v) is 10.9. The maximum Gasteiger partial charge on any atom is 0.267 e. The lowest BCUT2D eigenvalue weighted by molar-refractivity contribution is -0.117. The predicted octanol–water partition coefficient (Wildman–Crippen LogP) is 1.80. The van der Waals surface area contributed by atoms with E-state index in [9.17, 15) is 9.59 Å². The lowest BCUT2D eigenvalue weighted by atomic mass is 10.2. The Morgan fingerprint density at radius 1 is 1.10 bits per heavy atom. The van der Waals surface area contributed by atoms with Gasteiger partial charge < -0.3 is 15.1 Å². The molecular formula is C15H14N2O3. The van der Waals surface area contributed by atoms with E-state index in [-0.39, 0.29) is 11.6 Å². The summed E-state index contributed by atoms with van der Waals surface area (Å²) < 4.78 is 5.14. The molecule has 0 radical (unpaired) electrons. The van der Waals surface area contributed by atoms with Crippen LogP contribution >= 0.6 is 0 Å². The molecule has 0 unspecified atom stereocenters. The number of amides is 2. The molecule has 0 aliphatic rings. The second-order valence-corrected chi connectivity index (χ2v) is 3.97. The number of hydrogen-bond donors (Lipinski definition) is 2. The van der Waals surface area contributed by atoms with Gasteiger partial charge >= 0.3 is 0 Å². The van der Waals surface area contributed by atoms with Crippen LogP contribution in [0.4, 0.5) is 0 Å². The van der Waals surface area contributed by atoms with Gasteiger partial charge in [-0.25, -0.2) is 0 Å². The largest absolute Gasteiger partial charge is 0.465 e. The van der Waals surface area contributed by atoms with Crippen LogP contribution in [0.25, 0.3) is 6.08 Å². The Hall–Kier alpha value is -2.82. The molecule has 0 atom stereocenters. The first-order valence-electron chi connectivity index (χ1n) is 6.04. The van der Waals surface area contributed by atoms with Gasteiger partial charge in [-0.05, 0) is 24.3 Å². The van der Waals surface area contributed by atoms with E-state index < -0.39 is 5.91 Å². The Bertz CT molecular complexity index is 616. The van der Waals surface area contributed by atoms with Crippen LogP contribution in [0.15, 0.2) is 58.8 Å². The van der Waals surface area contributed by atoms with Gasteiger partial charge in [0.25, 0.3) is 11.8 Å². The quantitative estimate of drug-likeness (QED) is 0.832. The van der Waals surface area contributed by atoms with Crippen LogP contribution in [-0.4, -0.2) is 18.9 Å². The summed E-state index contributed by atoms with van der Waals surface area (Å²) in [6.07, 6.45) is 2.96. The van der Waals surface area contributed by atoms with Crippen LogP contribution in [-0.2, 0) is 4.79 Å². The highest BCUT2D eigenvalue weighted by atomic mass is 16.3. The molecule has 0 aliphatic heterocycles. The predicted molar refractivity (Wildman–Crippen MR) is 74.7 cm³/mol. The summed E-state index contributed by atoms with van der Waals surface area (Å²) in [5, 5.41) is 5.04. The van der Waals surface area contributed by atoms with Crippen LogP contribution in [0.3, 0.4) is 0 Å². The molecule has 0 spiro atoms. The Labute approximate surface area is 116 Å². The summed E-state index contributed by atoms with van der Waals surface area (Å²) in [6, 6.07) is 12.1. The molecule has 0 bridgehead atoms. The first-order valence-corrected chi connectivity index (χ1v) is 6.04. The molecule has 2 N–H and O–H groups in total. The zero-order valence-electron chi connectivity index (χ0n) is 10.9. The van der Waals surface area contributed by atoms with Gasteiger partial charge in [-0.2, -0.15) is 0 Å². The van der Waals surface area contributed by atoms with Crippen molar-refractivity contribution >= 4 is 17.9 Å². The van der Waals surface area contributed by atoms with Crippen LogP contribution in [0.1, 0.15) is 16.1 Å². The van der Waals surface area contributed by atoms with Crippen LogP contribution in [0.5, 0.6) is 0 Å². The van der Waals surface area contributed by atoms with Crippen LogP contribution < -0.4 is 10.6 Å². The standard InChI is InChI=1S/C15H14N2O3/c1-16-15(19)13(10-12-8-5-9-20-12)17-14(18)11-6-3-2-4-7-11/h2-10H,1H3,(H,16,19)(H,17,18)/b13-10-. The lowest BCUT2D eigenvalue weighted by Gasteiger charge is -2.08. The number of nitrogens with one attached hydrogen (secondary N) is 2. The maximum atomic E-state index is 12.0. The van der Waals surface area contributed by atoms with E-state index in [1.807, 2.05) is 6.07 Å². The van der Waals surface area contributed by atoms with Crippen molar-refractivity contribution < 1.29 is 14.0 Å². The molecule has 0 aliphatic carbocycles. The third-order valence-corrected chi connectivity index (χ3v) is 2.59. The minimum atomic E-state index is -0.398. The van der Waals surface area contributed by atoms with Crippen LogP contribution in [0, 0.1) is 0 Å². The monoisotopic (exact) mass is 270 g/mol. The Morgan fingerprint density at radius 2 is 1.85 bits per heavy atom. The minimum Gasteiger partial charge on any atom is -0.465 e. The third kappa shape index (κ3) is 3.35. The van der Waals surface area contributed by atoms with Crippen molar-refractivity contribution in [2.24, 2.45) is 0 Å². The van der Waals surface area contributed by atoms with Crippen molar-refractivity contribution in [1.82, 2.24) is 10.6 Å². The van der Waals surface area contributed by atoms with Gasteiger partial charge in [-0.15, -0.1) is 0 Å². The van der Waals surface area contributed by atoms with Gasteiger partial charge in [0.1, 0.15) is 11.5 Å². The molecule has 1 heterocycles. The summed E-state index contributed by atoms with van der Waals surface area (Å²) >= 11 is 0. The van der Waals surface area contributed by atoms with Crippen molar-refractivity contribution in [1.29, 1.82) is 0 Å². The highest BCUT2D eigenvalue weighted by Gasteiger charge is 2.13. The van der Waals surface area contributed by atoms with Gasteiger partial charge in [-0.1, -0.05) is 18.2 Å². The number of carbonyl (C=O) groups is 2. The molecule has 0 saturated heterocycles. The molecule has 20 heavy (non-hydrogen) atoms. The first kappa shape index (κ1) is 13.6. The molecule has 5 heteroatoms. The summed E-state index contributed by atoms with van der Waals surface area (Å²) in [5.74, 6) is -0.269. The van der Waals surface area contributed by atoms with Gasteiger partial charge in [0, 0.05) is 18.7 Å². The summed E-state index contributed by atoms with van der Waals surface area (Å²) in [7, 11) is 1.49. The highest BCUT2D eigenvalue weighted by Crippen LogP contribution is 2.07. The average molecular weight is 270 g/mol.